The minimum Gasteiger partial charge on any atom is -0.207 e. The summed E-state index contributed by atoms with van der Waals surface area (Å²) in [4.78, 5) is 0. The second kappa shape index (κ2) is 7.55. The molecule has 0 N–H and O–H groups in total. The van der Waals surface area contributed by atoms with Crippen LogP contribution in [-0.4, -0.2) is 0 Å². The number of benzene rings is 1. The standard InChI is InChI=1S/C20H23FS/c1-5-9-20(21)16(7-3)18-12-22-13-19(18)17-11-8-10-15(6-2)14(17)4/h7-13H,5-6H2,1-4H3/b16-7-,20-9+. The van der Waals surface area contributed by atoms with Crippen molar-refractivity contribution in [3.8, 4) is 11.1 Å². The molecule has 0 saturated heterocycles. The molecule has 1 aromatic heterocycles. The summed E-state index contributed by atoms with van der Waals surface area (Å²) in [7, 11) is 0. The zero-order valence-electron chi connectivity index (χ0n) is 13.7. The van der Waals surface area contributed by atoms with E-state index in [0.29, 0.717) is 12.0 Å². The van der Waals surface area contributed by atoms with E-state index in [2.05, 4.69) is 37.4 Å². The van der Waals surface area contributed by atoms with E-state index >= 15 is 0 Å². The lowest BCUT2D eigenvalue weighted by Gasteiger charge is -2.12. The fraction of sp³-hybridized carbons (Fsp3) is 0.300. The molecule has 0 aliphatic carbocycles. The highest BCUT2D eigenvalue weighted by molar-refractivity contribution is 7.08. The molecule has 0 aliphatic rings. The van der Waals surface area contributed by atoms with Crippen LogP contribution in [0.25, 0.3) is 16.7 Å². The lowest BCUT2D eigenvalue weighted by Crippen LogP contribution is -1.93. The van der Waals surface area contributed by atoms with E-state index in [1.807, 2.05) is 25.3 Å². The van der Waals surface area contributed by atoms with Crippen LogP contribution in [-0.2, 0) is 6.42 Å². The minimum absolute atomic E-state index is 0.131. The van der Waals surface area contributed by atoms with E-state index < -0.39 is 0 Å². The lowest BCUT2D eigenvalue weighted by atomic mass is 9.92. The van der Waals surface area contributed by atoms with E-state index in [9.17, 15) is 4.39 Å². The van der Waals surface area contributed by atoms with Crippen LogP contribution < -0.4 is 0 Å². The predicted molar refractivity (Wildman–Crippen MR) is 97.0 cm³/mol. The Morgan fingerprint density at radius 2 is 1.95 bits per heavy atom. The Kier molecular flexibility index (Phi) is 5.73. The molecule has 2 heteroatoms. The molecule has 1 aromatic carbocycles. The van der Waals surface area contributed by atoms with Gasteiger partial charge in [-0.15, -0.1) is 0 Å². The quantitative estimate of drug-likeness (QED) is 0.524. The number of rotatable bonds is 5. The highest BCUT2D eigenvalue weighted by Gasteiger charge is 2.15. The maximum Gasteiger partial charge on any atom is 0.126 e. The van der Waals surface area contributed by atoms with Gasteiger partial charge in [-0.1, -0.05) is 38.1 Å². The molecule has 0 nitrogen and oxygen atoms in total. The molecule has 0 aliphatic heterocycles. The smallest absolute Gasteiger partial charge is 0.126 e. The lowest BCUT2D eigenvalue weighted by molar-refractivity contribution is 0.668. The van der Waals surface area contributed by atoms with Crippen molar-refractivity contribution in [2.45, 2.75) is 40.5 Å². The zero-order chi connectivity index (χ0) is 16.1. The first kappa shape index (κ1) is 16.7. The second-order valence-corrected chi connectivity index (χ2v) is 6.05. The summed E-state index contributed by atoms with van der Waals surface area (Å²) in [5.41, 5.74) is 6.66. The molecule has 2 rings (SSSR count). The van der Waals surface area contributed by atoms with Gasteiger partial charge in [0.1, 0.15) is 5.83 Å². The van der Waals surface area contributed by atoms with E-state index in [4.69, 9.17) is 0 Å². The molecule has 0 saturated carbocycles. The van der Waals surface area contributed by atoms with E-state index in [1.165, 1.54) is 16.7 Å². The fourth-order valence-corrected chi connectivity index (χ4v) is 3.63. The number of halogens is 1. The van der Waals surface area contributed by atoms with Gasteiger partial charge in [-0.2, -0.15) is 11.3 Å². The number of allylic oxidation sites excluding steroid dienone is 4. The zero-order valence-corrected chi connectivity index (χ0v) is 14.6. The van der Waals surface area contributed by atoms with Gasteiger partial charge in [0.2, 0.25) is 0 Å². The average Bonchev–Trinajstić information content (AvgIpc) is 2.97. The van der Waals surface area contributed by atoms with Crippen molar-refractivity contribution in [3.63, 3.8) is 0 Å². The maximum atomic E-state index is 14.4. The Morgan fingerprint density at radius 1 is 1.18 bits per heavy atom. The van der Waals surface area contributed by atoms with Gasteiger partial charge in [0.05, 0.1) is 0 Å². The molecule has 0 radical (unpaired) electrons. The molecule has 0 spiro atoms. The molecule has 0 bridgehead atoms. The molecule has 0 fully saturated rings. The number of hydrogen-bond donors (Lipinski definition) is 0. The second-order valence-electron chi connectivity index (χ2n) is 5.31. The average molecular weight is 314 g/mol. The van der Waals surface area contributed by atoms with Crippen molar-refractivity contribution in [1.82, 2.24) is 0 Å². The summed E-state index contributed by atoms with van der Waals surface area (Å²) in [6, 6.07) is 6.39. The molecule has 0 atom stereocenters. The summed E-state index contributed by atoms with van der Waals surface area (Å²) in [5, 5.41) is 4.17. The van der Waals surface area contributed by atoms with E-state index in [-0.39, 0.29) is 5.83 Å². The SMILES string of the molecule is C/C=C(\C(F)=C/CC)c1cscc1-c1cccc(CC)c1C. The van der Waals surface area contributed by atoms with Crippen molar-refractivity contribution >= 4 is 16.9 Å². The van der Waals surface area contributed by atoms with Gasteiger partial charge in [0, 0.05) is 16.7 Å². The van der Waals surface area contributed by atoms with Crippen LogP contribution in [0.1, 0.15) is 43.9 Å². The Labute approximate surface area is 137 Å². The maximum absolute atomic E-state index is 14.4. The summed E-state index contributed by atoms with van der Waals surface area (Å²) >= 11 is 1.63. The monoisotopic (exact) mass is 314 g/mol. The van der Waals surface area contributed by atoms with Gasteiger partial charge in [0.15, 0.2) is 0 Å². The van der Waals surface area contributed by atoms with Crippen LogP contribution in [0.15, 0.2) is 46.9 Å². The largest absolute Gasteiger partial charge is 0.207 e. The van der Waals surface area contributed by atoms with Crippen LogP contribution >= 0.6 is 11.3 Å². The third kappa shape index (κ3) is 3.22. The highest BCUT2D eigenvalue weighted by atomic mass is 32.1. The molecular formula is C20H23FS. The van der Waals surface area contributed by atoms with E-state index in [0.717, 1.165) is 17.5 Å². The summed E-state index contributed by atoms with van der Waals surface area (Å²) in [6.07, 6.45) is 5.23. The van der Waals surface area contributed by atoms with Gasteiger partial charge in [-0.3, -0.25) is 0 Å². The molecule has 2 aromatic rings. The van der Waals surface area contributed by atoms with Crippen LogP contribution in [0.2, 0.25) is 0 Å². The molecular weight excluding hydrogens is 291 g/mol. The number of hydrogen-bond acceptors (Lipinski definition) is 1. The van der Waals surface area contributed by atoms with Crippen molar-refractivity contribution < 1.29 is 4.39 Å². The Morgan fingerprint density at radius 3 is 2.59 bits per heavy atom. The van der Waals surface area contributed by atoms with Crippen LogP contribution in [0.3, 0.4) is 0 Å². The molecule has 1 heterocycles. The van der Waals surface area contributed by atoms with Gasteiger partial charge in [-0.05, 0) is 60.2 Å². The Balaban J connectivity index is 2.58. The highest BCUT2D eigenvalue weighted by Crippen LogP contribution is 2.38. The molecule has 116 valence electrons. The summed E-state index contributed by atoms with van der Waals surface area (Å²) in [6.45, 7) is 8.18. The molecule has 0 amide bonds. The summed E-state index contributed by atoms with van der Waals surface area (Å²) < 4.78 is 14.4. The predicted octanol–water partition coefficient (Wildman–Crippen LogP) is 6.95. The van der Waals surface area contributed by atoms with Crippen molar-refractivity contribution in [3.05, 3.63) is 63.6 Å². The first-order valence-corrected chi connectivity index (χ1v) is 8.76. The van der Waals surface area contributed by atoms with Crippen molar-refractivity contribution in [2.24, 2.45) is 0 Å². The van der Waals surface area contributed by atoms with Gasteiger partial charge < -0.3 is 0 Å². The number of thiophene rings is 1. The number of aryl methyl sites for hydroxylation is 1. The van der Waals surface area contributed by atoms with Crippen LogP contribution in [0.4, 0.5) is 4.39 Å². The summed E-state index contributed by atoms with van der Waals surface area (Å²) in [5.74, 6) is -0.131. The topological polar surface area (TPSA) is 0 Å². The van der Waals surface area contributed by atoms with Gasteiger partial charge >= 0.3 is 0 Å². The van der Waals surface area contributed by atoms with Gasteiger partial charge in [0.25, 0.3) is 0 Å². The third-order valence-electron chi connectivity index (χ3n) is 4.00. The normalized spacial score (nSPS) is 12.8. The van der Waals surface area contributed by atoms with Crippen molar-refractivity contribution in [2.75, 3.05) is 0 Å². The van der Waals surface area contributed by atoms with Gasteiger partial charge in [-0.25, -0.2) is 4.39 Å². The molecule has 0 unspecified atom stereocenters. The first-order chi connectivity index (χ1) is 10.6. The molecule has 22 heavy (non-hydrogen) atoms. The minimum atomic E-state index is -0.131. The Hall–Kier alpha value is -1.67. The first-order valence-electron chi connectivity index (χ1n) is 7.81. The Bertz CT molecular complexity index is 704. The van der Waals surface area contributed by atoms with E-state index in [1.54, 1.807) is 17.4 Å². The third-order valence-corrected chi connectivity index (χ3v) is 4.74. The van der Waals surface area contributed by atoms with Crippen LogP contribution in [0, 0.1) is 6.92 Å². The van der Waals surface area contributed by atoms with Crippen LogP contribution in [0.5, 0.6) is 0 Å². The van der Waals surface area contributed by atoms with Crippen molar-refractivity contribution in [1.29, 1.82) is 0 Å². The fourth-order valence-electron chi connectivity index (χ4n) is 2.78.